The molecule has 3 N–H and O–H groups in total. The lowest BCUT2D eigenvalue weighted by Gasteiger charge is -2.35. The minimum atomic E-state index is 0.213. The van der Waals surface area contributed by atoms with Gasteiger partial charge in [-0.15, -0.1) is 0 Å². The van der Waals surface area contributed by atoms with E-state index < -0.39 is 0 Å². The first-order valence-electron chi connectivity index (χ1n) is 6.05. The Morgan fingerprint density at radius 1 is 1.36 bits per heavy atom. The Hall–Kier alpha value is -0.0800. The van der Waals surface area contributed by atoms with Crippen molar-refractivity contribution in [2.45, 2.75) is 58.7 Å². The molecule has 2 heteroatoms. The lowest BCUT2D eigenvalue weighted by molar-refractivity contribution is 0.172. The molecule has 0 aromatic rings. The summed E-state index contributed by atoms with van der Waals surface area (Å²) < 4.78 is 0. The van der Waals surface area contributed by atoms with E-state index in [9.17, 15) is 0 Å². The van der Waals surface area contributed by atoms with E-state index in [0.29, 0.717) is 17.4 Å². The van der Waals surface area contributed by atoms with Crippen molar-refractivity contribution in [3.8, 4) is 0 Å². The molecule has 0 radical (unpaired) electrons. The van der Waals surface area contributed by atoms with Crippen LogP contribution in [-0.2, 0) is 0 Å². The van der Waals surface area contributed by atoms with E-state index >= 15 is 0 Å². The van der Waals surface area contributed by atoms with Crippen LogP contribution in [0.3, 0.4) is 0 Å². The third kappa shape index (κ3) is 1.70. The van der Waals surface area contributed by atoms with Gasteiger partial charge in [-0.3, -0.25) is 5.32 Å². The summed E-state index contributed by atoms with van der Waals surface area (Å²) in [6.07, 6.45) is 5.80. The highest BCUT2D eigenvalue weighted by Crippen LogP contribution is 2.64. The zero-order valence-corrected chi connectivity index (χ0v) is 9.72. The molecule has 82 valence electrons. The first-order valence-corrected chi connectivity index (χ1v) is 6.05. The quantitative estimate of drug-likeness (QED) is 0.678. The summed E-state index contributed by atoms with van der Waals surface area (Å²) in [5.41, 5.74) is 6.82. The van der Waals surface area contributed by atoms with Crippen molar-refractivity contribution in [2.24, 2.45) is 23.0 Å². The molecule has 2 fully saturated rings. The Bertz CT molecular complexity index is 214. The van der Waals surface area contributed by atoms with Gasteiger partial charge in [0, 0.05) is 6.04 Å². The van der Waals surface area contributed by atoms with Crippen LogP contribution in [0.1, 0.15) is 46.5 Å². The predicted octanol–water partition coefficient (Wildman–Crippen LogP) is 2.10. The number of rotatable bonds is 3. The van der Waals surface area contributed by atoms with Crippen LogP contribution in [0.2, 0.25) is 0 Å². The molecule has 2 saturated carbocycles. The van der Waals surface area contributed by atoms with Crippen molar-refractivity contribution >= 4 is 0 Å². The molecule has 4 atom stereocenters. The monoisotopic (exact) mass is 196 g/mol. The topological polar surface area (TPSA) is 38.0 Å². The second-order valence-electron chi connectivity index (χ2n) is 5.79. The Balaban J connectivity index is 1.96. The molecule has 0 aromatic heterocycles. The van der Waals surface area contributed by atoms with Crippen molar-refractivity contribution in [3.63, 3.8) is 0 Å². The summed E-state index contributed by atoms with van der Waals surface area (Å²) in [5.74, 6) is 1.70. The fraction of sp³-hybridized carbons (Fsp3) is 1.00. The van der Waals surface area contributed by atoms with E-state index in [0.717, 1.165) is 5.92 Å². The maximum absolute atomic E-state index is 6.24. The summed E-state index contributed by atoms with van der Waals surface area (Å²) in [4.78, 5) is 0. The molecule has 0 bridgehead atoms. The fourth-order valence-corrected chi connectivity index (χ4v) is 3.36. The molecular weight excluding hydrogens is 172 g/mol. The lowest BCUT2D eigenvalue weighted by atomic mass is 9.77. The maximum atomic E-state index is 6.24. The highest BCUT2D eigenvalue weighted by molar-refractivity contribution is 5.07. The van der Waals surface area contributed by atoms with Gasteiger partial charge in [0.15, 0.2) is 0 Å². The van der Waals surface area contributed by atoms with Crippen LogP contribution >= 0.6 is 0 Å². The van der Waals surface area contributed by atoms with Gasteiger partial charge in [-0.2, -0.15) is 0 Å². The summed E-state index contributed by atoms with van der Waals surface area (Å²) in [5, 5.41) is 3.47. The van der Waals surface area contributed by atoms with E-state index in [4.69, 9.17) is 5.73 Å². The second kappa shape index (κ2) is 3.49. The molecule has 2 nitrogen and oxygen atoms in total. The maximum Gasteiger partial charge on any atom is 0.0582 e. The third-order valence-corrected chi connectivity index (χ3v) is 4.33. The zero-order valence-electron chi connectivity index (χ0n) is 9.72. The summed E-state index contributed by atoms with van der Waals surface area (Å²) >= 11 is 0. The third-order valence-electron chi connectivity index (χ3n) is 4.33. The van der Waals surface area contributed by atoms with Gasteiger partial charge < -0.3 is 5.73 Å². The fourth-order valence-electron chi connectivity index (χ4n) is 3.36. The smallest absolute Gasteiger partial charge is 0.0582 e. The van der Waals surface area contributed by atoms with Crippen molar-refractivity contribution in [1.82, 2.24) is 5.32 Å². The lowest BCUT2D eigenvalue weighted by Crippen LogP contribution is -2.50. The van der Waals surface area contributed by atoms with Crippen molar-refractivity contribution in [1.29, 1.82) is 0 Å². The first kappa shape index (κ1) is 10.4. The molecule has 14 heavy (non-hydrogen) atoms. The molecule has 0 spiro atoms. The molecule has 4 unspecified atom stereocenters. The summed E-state index contributed by atoms with van der Waals surface area (Å²) in [6, 6.07) is 0.507. The van der Waals surface area contributed by atoms with Gasteiger partial charge in [-0.25, -0.2) is 0 Å². The van der Waals surface area contributed by atoms with Crippen LogP contribution in [0.25, 0.3) is 0 Å². The Morgan fingerprint density at radius 2 is 2.07 bits per heavy atom. The van der Waals surface area contributed by atoms with Gasteiger partial charge in [0.25, 0.3) is 0 Å². The number of nitrogens with two attached hydrogens (primary N) is 1. The Kier molecular flexibility index (Phi) is 2.61. The van der Waals surface area contributed by atoms with E-state index in [1.165, 1.54) is 25.7 Å². The van der Waals surface area contributed by atoms with Gasteiger partial charge in [0.2, 0.25) is 0 Å². The zero-order chi connectivity index (χ0) is 10.3. The second-order valence-corrected chi connectivity index (χ2v) is 5.79. The van der Waals surface area contributed by atoms with Crippen LogP contribution in [0.4, 0.5) is 0 Å². The van der Waals surface area contributed by atoms with E-state index in [-0.39, 0.29) is 6.17 Å². The summed E-state index contributed by atoms with van der Waals surface area (Å²) in [7, 11) is 0. The molecule has 2 aliphatic rings. The predicted molar refractivity (Wildman–Crippen MR) is 59.8 cm³/mol. The van der Waals surface area contributed by atoms with E-state index in [1.807, 2.05) is 0 Å². The first-order chi connectivity index (χ1) is 6.54. The van der Waals surface area contributed by atoms with Crippen LogP contribution in [-0.4, -0.2) is 12.2 Å². The Morgan fingerprint density at radius 3 is 2.71 bits per heavy atom. The SMILES string of the molecule is CC(C)NC(N)C1CCCC2CC21C. The number of nitrogens with one attached hydrogen (secondary N) is 1. The molecule has 0 heterocycles. The highest BCUT2D eigenvalue weighted by atomic mass is 15.1. The molecule has 0 saturated heterocycles. The largest absolute Gasteiger partial charge is 0.316 e. The summed E-state index contributed by atoms with van der Waals surface area (Å²) in [6.45, 7) is 6.79. The van der Waals surface area contributed by atoms with E-state index in [1.54, 1.807) is 0 Å². The van der Waals surface area contributed by atoms with E-state index in [2.05, 4.69) is 26.1 Å². The minimum Gasteiger partial charge on any atom is -0.316 e. The van der Waals surface area contributed by atoms with Gasteiger partial charge in [0.1, 0.15) is 0 Å². The van der Waals surface area contributed by atoms with Crippen molar-refractivity contribution in [3.05, 3.63) is 0 Å². The van der Waals surface area contributed by atoms with Gasteiger partial charge >= 0.3 is 0 Å². The molecule has 0 aromatic carbocycles. The van der Waals surface area contributed by atoms with Crippen LogP contribution in [0.5, 0.6) is 0 Å². The van der Waals surface area contributed by atoms with Crippen molar-refractivity contribution < 1.29 is 0 Å². The minimum absolute atomic E-state index is 0.213. The number of hydrogen-bond donors (Lipinski definition) is 2. The number of fused-ring (bicyclic) bond motifs is 1. The molecule has 0 aliphatic heterocycles. The van der Waals surface area contributed by atoms with Crippen LogP contribution in [0, 0.1) is 17.3 Å². The highest BCUT2D eigenvalue weighted by Gasteiger charge is 2.57. The van der Waals surface area contributed by atoms with Crippen molar-refractivity contribution in [2.75, 3.05) is 0 Å². The molecule has 0 amide bonds. The molecule has 2 rings (SSSR count). The number of hydrogen-bond acceptors (Lipinski definition) is 2. The average molecular weight is 196 g/mol. The molecule has 2 aliphatic carbocycles. The van der Waals surface area contributed by atoms with Gasteiger partial charge in [0.05, 0.1) is 6.17 Å². The van der Waals surface area contributed by atoms with Gasteiger partial charge in [-0.05, 0) is 50.4 Å². The Labute approximate surface area is 87.6 Å². The van der Waals surface area contributed by atoms with Gasteiger partial charge in [-0.1, -0.05) is 13.3 Å². The standard InChI is InChI=1S/C12H24N2/c1-8(2)14-11(13)10-6-4-5-9-7-12(9,10)3/h8-11,14H,4-7,13H2,1-3H3. The normalized spacial score (nSPS) is 43.5. The molecular formula is C12H24N2. The van der Waals surface area contributed by atoms with Crippen LogP contribution < -0.4 is 11.1 Å². The average Bonchev–Trinajstić information content (AvgIpc) is 2.73. The van der Waals surface area contributed by atoms with Crippen LogP contribution in [0.15, 0.2) is 0 Å².